The van der Waals surface area contributed by atoms with Gasteiger partial charge in [-0.15, -0.1) is 0 Å². The Hall–Kier alpha value is -4.71. The molecule has 214 valence electrons. The number of aryl methyl sites for hydroxylation is 1. The van der Waals surface area contributed by atoms with Crippen LogP contribution in [0.25, 0.3) is 11.4 Å². The van der Waals surface area contributed by atoms with Crippen molar-refractivity contribution in [1.29, 1.82) is 0 Å². The van der Waals surface area contributed by atoms with Crippen LogP contribution in [-0.4, -0.2) is 72.5 Å². The van der Waals surface area contributed by atoms with Gasteiger partial charge in [-0.2, -0.15) is 4.98 Å². The van der Waals surface area contributed by atoms with Crippen molar-refractivity contribution < 1.29 is 18.7 Å². The maximum absolute atomic E-state index is 14.6. The molecule has 11 nitrogen and oxygen atoms in total. The van der Waals surface area contributed by atoms with Crippen molar-refractivity contribution in [2.75, 3.05) is 56.4 Å². The van der Waals surface area contributed by atoms with Gasteiger partial charge in [0.25, 0.3) is 5.91 Å². The Morgan fingerprint density at radius 2 is 2.00 bits per heavy atom. The molecule has 2 amide bonds. The van der Waals surface area contributed by atoms with Gasteiger partial charge in [-0.1, -0.05) is 6.07 Å². The van der Waals surface area contributed by atoms with Crippen LogP contribution in [0.15, 0.2) is 42.6 Å². The van der Waals surface area contributed by atoms with Crippen LogP contribution in [0.1, 0.15) is 29.3 Å². The van der Waals surface area contributed by atoms with Crippen molar-refractivity contribution in [2.24, 2.45) is 0 Å². The van der Waals surface area contributed by atoms with Gasteiger partial charge >= 0.3 is 0 Å². The van der Waals surface area contributed by atoms with E-state index in [4.69, 9.17) is 9.72 Å². The molecule has 0 aliphatic carbocycles. The summed E-state index contributed by atoms with van der Waals surface area (Å²) in [4.78, 5) is 41.4. The van der Waals surface area contributed by atoms with Gasteiger partial charge in [-0.05, 0) is 69.8 Å². The highest BCUT2D eigenvalue weighted by atomic mass is 19.1. The molecule has 4 N–H and O–H groups in total. The molecule has 41 heavy (non-hydrogen) atoms. The van der Waals surface area contributed by atoms with Crippen molar-refractivity contribution in [2.45, 2.75) is 19.8 Å². The molecule has 12 heteroatoms. The molecule has 3 aliphatic rings. The van der Waals surface area contributed by atoms with Gasteiger partial charge in [0.1, 0.15) is 23.2 Å². The zero-order valence-corrected chi connectivity index (χ0v) is 23.5. The number of aromatic amines is 1. The fourth-order valence-corrected chi connectivity index (χ4v) is 4.93. The highest BCUT2D eigenvalue weighted by molar-refractivity contribution is 6.01. The first-order chi connectivity index (χ1) is 19.8. The predicted octanol–water partition coefficient (Wildman–Crippen LogP) is 4.13. The normalized spacial score (nSPS) is 12.8. The standard InChI is InChI=1S/C29H33FN8O3/c1-5-41-23-14-17-8-7-13-38(24(39)16-37(3)4)22(17)15-21(23)34-29-35-26-18(11-12-32-26)27(36-29)33-20-10-6-9-19(30)25(20)28(40)31-2/h6,9-12,14-15H,5,7-8,13,16H2,1-4H3,(H,31,40)(H3,32,33,34,35,36). The van der Waals surface area contributed by atoms with E-state index < -0.39 is 11.7 Å². The topological polar surface area (TPSA) is 128 Å². The van der Waals surface area contributed by atoms with Crippen LogP contribution in [0.2, 0.25) is 0 Å². The number of rotatable bonds is 9. The lowest BCUT2D eigenvalue weighted by Crippen LogP contribution is -2.40. The fraction of sp³-hybridized carbons (Fsp3) is 0.310. The van der Waals surface area contributed by atoms with Crippen LogP contribution < -0.4 is 25.6 Å². The molecule has 0 fully saturated rings. The third-order valence-corrected chi connectivity index (χ3v) is 6.74. The van der Waals surface area contributed by atoms with Crippen molar-refractivity contribution in [3.8, 4) is 17.1 Å². The lowest BCUT2D eigenvalue weighted by Gasteiger charge is -2.31. The molecule has 0 aromatic heterocycles. The Morgan fingerprint density at radius 1 is 1.17 bits per heavy atom. The number of carbonyl (C=O) groups is 2. The van der Waals surface area contributed by atoms with E-state index in [1.54, 1.807) is 18.3 Å². The van der Waals surface area contributed by atoms with Crippen LogP contribution >= 0.6 is 0 Å². The Labute approximate surface area is 237 Å². The molecule has 2 aromatic carbocycles. The number of amides is 2. The molecule has 0 radical (unpaired) electrons. The lowest BCUT2D eigenvalue weighted by molar-refractivity contribution is -0.119. The number of aromatic nitrogens is 3. The lowest BCUT2D eigenvalue weighted by atomic mass is 10.00. The maximum atomic E-state index is 14.6. The van der Waals surface area contributed by atoms with Crippen molar-refractivity contribution >= 4 is 40.6 Å². The minimum atomic E-state index is -0.657. The van der Waals surface area contributed by atoms with E-state index in [1.807, 2.05) is 43.0 Å². The summed E-state index contributed by atoms with van der Waals surface area (Å²) < 4.78 is 20.6. The molecule has 0 bridgehead atoms. The summed E-state index contributed by atoms with van der Waals surface area (Å²) in [5.74, 6) is 0.657. The largest absolute Gasteiger partial charge is 0.492 e. The van der Waals surface area contributed by atoms with Gasteiger partial charge in [0.05, 0.1) is 35.7 Å². The van der Waals surface area contributed by atoms with Gasteiger partial charge < -0.3 is 35.5 Å². The number of fused-ring (bicyclic) bond motifs is 2. The molecule has 2 aromatic rings. The Bertz CT molecular complexity index is 1550. The Balaban J connectivity index is 1.54. The number of nitrogens with zero attached hydrogens (tertiary/aromatic N) is 4. The maximum Gasteiger partial charge on any atom is 0.256 e. The van der Waals surface area contributed by atoms with Gasteiger partial charge in [0.15, 0.2) is 0 Å². The van der Waals surface area contributed by atoms with E-state index in [9.17, 15) is 14.0 Å². The first kappa shape index (κ1) is 27.8. The molecule has 0 atom stereocenters. The van der Waals surface area contributed by atoms with Gasteiger partial charge in [0, 0.05) is 25.5 Å². The average molecular weight is 561 g/mol. The summed E-state index contributed by atoms with van der Waals surface area (Å²) in [5, 5.41) is 8.89. The van der Waals surface area contributed by atoms with Crippen LogP contribution in [-0.2, 0) is 11.2 Å². The molecule has 3 heterocycles. The molecule has 0 unspecified atom stereocenters. The molecular weight excluding hydrogens is 527 g/mol. The van der Waals surface area contributed by atoms with Crippen molar-refractivity contribution in [3.05, 3.63) is 59.5 Å². The zero-order valence-electron chi connectivity index (χ0n) is 23.5. The fourth-order valence-electron chi connectivity index (χ4n) is 4.93. The number of likely N-dealkylation sites (N-methyl/N-ethyl adjacent to an activating group) is 1. The summed E-state index contributed by atoms with van der Waals surface area (Å²) in [6, 6.07) is 10.0. The second-order valence-corrected chi connectivity index (χ2v) is 9.93. The smallest absolute Gasteiger partial charge is 0.256 e. The average Bonchev–Trinajstić information content (AvgIpc) is 3.41. The number of benzene rings is 2. The summed E-state index contributed by atoms with van der Waals surface area (Å²) in [7, 11) is 5.19. The van der Waals surface area contributed by atoms with Gasteiger partial charge in [-0.25, -0.2) is 9.37 Å². The zero-order chi connectivity index (χ0) is 29.1. The third-order valence-electron chi connectivity index (χ3n) is 6.74. The minimum absolute atomic E-state index is 0.0200. The molecule has 0 saturated heterocycles. The van der Waals surface area contributed by atoms with Crippen LogP contribution in [0.3, 0.4) is 0 Å². The highest BCUT2D eigenvalue weighted by Gasteiger charge is 2.26. The van der Waals surface area contributed by atoms with Crippen LogP contribution in [0, 0.1) is 5.82 Å². The van der Waals surface area contributed by atoms with Crippen LogP contribution in [0.4, 0.5) is 33.2 Å². The monoisotopic (exact) mass is 560 g/mol. The van der Waals surface area contributed by atoms with E-state index in [1.165, 1.54) is 19.2 Å². The van der Waals surface area contributed by atoms with E-state index in [0.29, 0.717) is 54.3 Å². The summed E-state index contributed by atoms with van der Waals surface area (Å²) in [6.45, 7) is 3.30. The summed E-state index contributed by atoms with van der Waals surface area (Å²) in [6.07, 6.45) is 3.33. The first-order valence-corrected chi connectivity index (χ1v) is 13.4. The number of anilines is 5. The minimum Gasteiger partial charge on any atom is -0.492 e. The second kappa shape index (κ2) is 11.8. The Kier molecular flexibility index (Phi) is 8.02. The molecule has 0 saturated carbocycles. The quantitative estimate of drug-likeness (QED) is 0.241. The summed E-state index contributed by atoms with van der Waals surface area (Å²) in [5.41, 5.74) is 3.27. The first-order valence-electron chi connectivity index (χ1n) is 13.4. The van der Waals surface area contributed by atoms with Gasteiger partial charge in [-0.3, -0.25) is 9.59 Å². The number of halogens is 1. The number of nitrogens with one attached hydrogen (secondary N) is 4. The molecule has 0 spiro atoms. The van der Waals surface area contributed by atoms with E-state index in [-0.39, 0.29) is 17.2 Å². The predicted molar refractivity (Wildman–Crippen MR) is 156 cm³/mol. The Morgan fingerprint density at radius 3 is 2.76 bits per heavy atom. The SMILES string of the molecule is CCOc1cc2c(cc1Nc1nc(Nc3cccc(F)c3C(=O)NC)c3ccnc-3[nH]1)N(C(=O)CN(C)C)CCC2. The number of hydrogen-bond donors (Lipinski definition) is 4. The second-order valence-electron chi connectivity index (χ2n) is 9.93. The molecule has 5 rings (SSSR count). The van der Waals surface area contributed by atoms with E-state index >= 15 is 0 Å². The number of H-pyrrole nitrogens is 1. The van der Waals surface area contributed by atoms with E-state index in [2.05, 4.69) is 25.9 Å². The molecule has 3 aliphatic heterocycles. The highest BCUT2D eigenvalue weighted by Crippen LogP contribution is 2.39. The molecular formula is C29H33FN8O3. The van der Waals surface area contributed by atoms with Crippen molar-refractivity contribution in [3.63, 3.8) is 0 Å². The number of ether oxygens (including phenoxy) is 1. The number of carbonyl (C=O) groups excluding carboxylic acids is 2. The van der Waals surface area contributed by atoms with Crippen LogP contribution in [0.5, 0.6) is 5.75 Å². The third kappa shape index (κ3) is 5.78. The summed E-state index contributed by atoms with van der Waals surface area (Å²) >= 11 is 0. The number of hydrogen-bond acceptors (Lipinski definition) is 8. The van der Waals surface area contributed by atoms with Crippen molar-refractivity contribution in [1.82, 2.24) is 25.2 Å². The van der Waals surface area contributed by atoms with E-state index in [0.717, 1.165) is 24.1 Å². The van der Waals surface area contributed by atoms with Gasteiger partial charge in [0.2, 0.25) is 11.9 Å².